The molecule has 0 aliphatic rings. The maximum absolute atomic E-state index is 12.2. The zero-order chi connectivity index (χ0) is 14.7. The lowest BCUT2D eigenvalue weighted by Gasteiger charge is -2.02. The Morgan fingerprint density at radius 1 is 1.35 bits per heavy atom. The number of aromatic nitrogens is 1. The van der Waals surface area contributed by atoms with E-state index in [-0.39, 0.29) is 18.0 Å². The molecule has 0 aliphatic carbocycles. The van der Waals surface area contributed by atoms with Gasteiger partial charge in [-0.15, -0.1) is 0 Å². The minimum Gasteiger partial charge on any atom is -0.478 e. The summed E-state index contributed by atoms with van der Waals surface area (Å²) in [5.41, 5.74) is 2.33. The van der Waals surface area contributed by atoms with Crippen LogP contribution in [0, 0.1) is 0 Å². The molecule has 0 bridgehead atoms. The van der Waals surface area contributed by atoms with Gasteiger partial charge in [-0.25, -0.2) is 4.79 Å². The van der Waals surface area contributed by atoms with Crippen molar-refractivity contribution in [1.82, 2.24) is 4.98 Å². The minimum atomic E-state index is -0.983. The summed E-state index contributed by atoms with van der Waals surface area (Å²) in [4.78, 5) is 26.3. The molecule has 106 valence electrons. The lowest BCUT2D eigenvalue weighted by molar-refractivity contribution is 0.0696. The molecule has 1 aromatic carbocycles. The third-order valence-electron chi connectivity index (χ3n) is 3.18. The van der Waals surface area contributed by atoms with Gasteiger partial charge in [0.1, 0.15) is 6.61 Å². The van der Waals surface area contributed by atoms with Gasteiger partial charge in [0, 0.05) is 29.3 Å². The number of ether oxygens (including phenoxy) is 1. The lowest BCUT2D eigenvalue weighted by Crippen LogP contribution is -2.09. The fourth-order valence-electron chi connectivity index (χ4n) is 2.35. The average molecular weight is 275 g/mol. The van der Waals surface area contributed by atoms with Gasteiger partial charge in [0.25, 0.3) is 0 Å². The van der Waals surface area contributed by atoms with Crippen LogP contribution in [0.15, 0.2) is 18.2 Å². The van der Waals surface area contributed by atoms with E-state index in [1.165, 1.54) is 13.2 Å². The highest BCUT2D eigenvalue weighted by molar-refractivity contribution is 6.10. The number of rotatable bonds is 6. The number of fused-ring (bicyclic) bond motifs is 1. The first-order valence-corrected chi connectivity index (χ1v) is 6.48. The molecule has 0 spiro atoms. The van der Waals surface area contributed by atoms with Crippen LogP contribution >= 0.6 is 0 Å². The van der Waals surface area contributed by atoms with Gasteiger partial charge in [-0.2, -0.15) is 0 Å². The Morgan fingerprint density at radius 3 is 2.70 bits per heavy atom. The van der Waals surface area contributed by atoms with Crippen molar-refractivity contribution in [3.63, 3.8) is 0 Å². The number of hydrogen-bond donors (Lipinski definition) is 2. The number of Topliss-reactive ketones (excluding diaryl/α,β-unsaturated/α-hetero) is 1. The number of aromatic amines is 1. The summed E-state index contributed by atoms with van der Waals surface area (Å²) >= 11 is 0. The van der Waals surface area contributed by atoms with E-state index in [9.17, 15) is 9.59 Å². The molecule has 0 amide bonds. The van der Waals surface area contributed by atoms with Crippen LogP contribution < -0.4 is 0 Å². The molecule has 5 nitrogen and oxygen atoms in total. The van der Waals surface area contributed by atoms with E-state index in [0.29, 0.717) is 11.1 Å². The minimum absolute atomic E-state index is 0.0182. The molecule has 0 saturated heterocycles. The van der Waals surface area contributed by atoms with Crippen molar-refractivity contribution in [2.24, 2.45) is 0 Å². The lowest BCUT2D eigenvalue weighted by atomic mass is 10.0. The number of aryl methyl sites for hydroxylation is 1. The van der Waals surface area contributed by atoms with Crippen molar-refractivity contribution in [2.75, 3.05) is 13.7 Å². The highest BCUT2D eigenvalue weighted by Gasteiger charge is 2.18. The van der Waals surface area contributed by atoms with Gasteiger partial charge in [-0.3, -0.25) is 4.79 Å². The maximum Gasteiger partial charge on any atom is 0.335 e. The van der Waals surface area contributed by atoms with Crippen molar-refractivity contribution >= 4 is 22.7 Å². The number of benzene rings is 1. The molecule has 2 rings (SSSR count). The molecule has 2 N–H and O–H groups in total. The van der Waals surface area contributed by atoms with Crippen LogP contribution in [0.2, 0.25) is 0 Å². The number of hydrogen-bond acceptors (Lipinski definition) is 3. The molecule has 0 aliphatic heterocycles. The van der Waals surface area contributed by atoms with Crippen molar-refractivity contribution < 1.29 is 19.4 Å². The Kier molecular flexibility index (Phi) is 4.20. The van der Waals surface area contributed by atoms with E-state index in [2.05, 4.69) is 4.98 Å². The van der Waals surface area contributed by atoms with Crippen LogP contribution in [0.4, 0.5) is 0 Å². The summed E-state index contributed by atoms with van der Waals surface area (Å²) in [7, 11) is 1.48. The van der Waals surface area contributed by atoms with Gasteiger partial charge in [0.2, 0.25) is 0 Å². The van der Waals surface area contributed by atoms with Crippen molar-refractivity contribution in [2.45, 2.75) is 19.8 Å². The van der Waals surface area contributed by atoms with Gasteiger partial charge < -0.3 is 14.8 Å². The number of carboxylic acids is 1. The molecule has 0 unspecified atom stereocenters. The van der Waals surface area contributed by atoms with E-state index in [0.717, 1.165) is 23.9 Å². The number of methoxy groups -OCH3 is 1. The number of carboxylic acid groups (broad SMARTS) is 1. The van der Waals surface area contributed by atoms with E-state index in [4.69, 9.17) is 9.84 Å². The van der Waals surface area contributed by atoms with Crippen LogP contribution in [-0.4, -0.2) is 35.6 Å². The SMILES string of the molecule is CCCc1[nH]c2cc(C(=O)O)ccc2c1C(=O)COC. The van der Waals surface area contributed by atoms with E-state index in [1.54, 1.807) is 12.1 Å². The summed E-state index contributed by atoms with van der Waals surface area (Å²) in [6, 6.07) is 4.75. The number of ketones is 1. The monoisotopic (exact) mass is 275 g/mol. The van der Waals surface area contributed by atoms with Crippen molar-refractivity contribution in [1.29, 1.82) is 0 Å². The Balaban J connectivity index is 2.60. The Labute approximate surface area is 116 Å². The van der Waals surface area contributed by atoms with Crippen LogP contribution in [0.5, 0.6) is 0 Å². The average Bonchev–Trinajstić information content (AvgIpc) is 2.76. The Morgan fingerprint density at radius 2 is 2.10 bits per heavy atom. The summed E-state index contributed by atoms with van der Waals surface area (Å²) in [5, 5.41) is 9.77. The topological polar surface area (TPSA) is 79.4 Å². The molecule has 1 heterocycles. The number of nitrogens with one attached hydrogen (secondary N) is 1. The molecule has 0 saturated carbocycles. The predicted molar refractivity (Wildman–Crippen MR) is 75.5 cm³/mol. The number of carbonyl (C=O) groups is 2. The molecular weight excluding hydrogens is 258 g/mol. The molecule has 0 radical (unpaired) electrons. The molecular formula is C15H17NO4. The fourth-order valence-corrected chi connectivity index (χ4v) is 2.35. The number of H-pyrrole nitrogens is 1. The second-order valence-electron chi connectivity index (χ2n) is 4.65. The highest BCUT2D eigenvalue weighted by Crippen LogP contribution is 2.25. The van der Waals surface area contributed by atoms with Gasteiger partial charge in [0.15, 0.2) is 5.78 Å². The predicted octanol–water partition coefficient (Wildman–Crippen LogP) is 2.65. The zero-order valence-electron chi connectivity index (χ0n) is 11.5. The third-order valence-corrected chi connectivity index (χ3v) is 3.18. The normalized spacial score (nSPS) is 10.9. The molecule has 1 aromatic heterocycles. The molecule has 0 fully saturated rings. The van der Waals surface area contributed by atoms with Crippen molar-refractivity contribution in [3.05, 3.63) is 35.0 Å². The van der Waals surface area contributed by atoms with Crippen LogP contribution in [0.1, 0.15) is 39.8 Å². The highest BCUT2D eigenvalue weighted by atomic mass is 16.5. The Bertz CT molecular complexity index is 657. The molecule has 2 aromatic rings. The van der Waals surface area contributed by atoms with Crippen molar-refractivity contribution in [3.8, 4) is 0 Å². The smallest absolute Gasteiger partial charge is 0.335 e. The van der Waals surface area contributed by atoms with Gasteiger partial charge >= 0.3 is 5.97 Å². The quantitative estimate of drug-likeness (QED) is 0.794. The summed E-state index contributed by atoms with van der Waals surface area (Å²) < 4.78 is 4.91. The van der Waals surface area contributed by atoms with Crippen LogP contribution in [-0.2, 0) is 11.2 Å². The van der Waals surface area contributed by atoms with Crippen LogP contribution in [0.25, 0.3) is 10.9 Å². The third kappa shape index (κ3) is 2.58. The van der Waals surface area contributed by atoms with E-state index in [1.807, 2.05) is 6.92 Å². The molecule has 20 heavy (non-hydrogen) atoms. The Hall–Kier alpha value is -2.14. The van der Waals surface area contributed by atoms with Gasteiger partial charge in [-0.05, 0) is 18.6 Å². The first-order chi connectivity index (χ1) is 9.58. The molecule has 0 atom stereocenters. The van der Waals surface area contributed by atoms with E-state index < -0.39 is 5.97 Å². The second-order valence-corrected chi connectivity index (χ2v) is 4.65. The second kappa shape index (κ2) is 5.88. The van der Waals surface area contributed by atoms with Crippen LogP contribution in [0.3, 0.4) is 0 Å². The summed E-state index contributed by atoms with van der Waals surface area (Å²) in [5.74, 6) is -1.08. The largest absolute Gasteiger partial charge is 0.478 e. The standard InChI is InChI=1S/C15H17NO4/c1-3-4-11-14(13(17)8-20-2)10-6-5-9(15(18)19)7-12(10)16-11/h5-7,16H,3-4,8H2,1-2H3,(H,18,19). The van der Waals surface area contributed by atoms with E-state index >= 15 is 0 Å². The zero-order valence-corrected chi connectivity index (χ0v) is 11.5. The fraction of sp³-hybridized carbons (Fsp3) is 0.333. The summed E-state index contributed by atoms with van der Waals surface area (Å²) in [6.45, 7) is 2.04. The number of aromatic carboxylic acids is 1. The maximum atomic E-state index is 12.2. The number of carbonyl (C=O) groups excluding carboxylic acids is 1. The first-order valence-electron chi connectivity index (χ1n) is 6.48. The molecule has 5 heteroatoms. The van der Waals surface area contributed by atoms with Gasteiger partial charge in [-0.1, -0.05) is 19.4 Å². The summed E-state index contributed by atoms with van der Waals surface area (Å²) in [6.07, 6.45) is 1.63. The first kappa shape index (κ1) is 14.3. The van der Waals surface area contributed by atoms with Gasteiger partial charge in [0.05, 0.1) is 5.56 Å².